The van der Waals surface area contributed by atoms with Crippen LogP contribution in [-0.4, -0.2) is 24.4 Å². The third kappa shape index (κ3) is 19.0. The molecular weight excluding hydrogens is 434 g/mol. The molecule has 2 amide bonds. The third-order valence-electron chi connectivity index (χ3n) is 6.70. The van der Waals surface area contributed by atoms with Crippen LogP contribution in [0.5, 0.6) is 0 Å². The lowest BCUT2D eigenvalue weighted by atomic mass is 10.0. The Morgan fingerprint density at radius 1 is 0.686 bits per heavy atom. The van der Waals surface area contributed by atoms with E-state index in [2.05, 4.69) is 22.1 Å². The molecule has 5 heteroatoms. The van der Waals surface area contributed by atoms with Crippen molar-refractivity contribution < 1.29 is 14.2 Å². The van der Waals surface area contributed by atoms with E-state index < -0.39 is 6.04 Å². The molecule has 0 fully saturated rings. The number of aromatic nitrogens is 1. The molecule has 0 aliphatic heterocycles. The first kappa shape index (κ1) is 31.1. The molecule has 2 N–H and O–H groups in total. The fraction of sp³-hybridized carbons (Fsp3) is 0.767. The second-order valence-electron chi connectivity index (χ2n) is 10.1. The van der Waals surface area contributed by atoms with Crippen LogP contribution in [0.25, 0.3) is 0 Å². The van der Waals surface area contributed by atoms with E-state index >= 15 is 0 Å². The predicted molar refractivity (Wildman–Crippen MR) is 146 cm³/mol. The summed E-state index contributed by atoms with van der Waals surface area (Å²) < 4.78 is 2.06. The van der Waals surface area contributed by atoms with Gasteiger partial charge < -0.3 is 10.6 Å². The number of hydrogen-bond acceptors (Lipinski definition) is 2. The Bertz CT molecular complexity index is 636. The Morgan fingerprint density at radius 3 is 1.69 bits per heavy atom. The first-order valence-corrected chi connectivity index (χ1v) is 14.6. The monoisotopic (exact) mass is 488 g/mol. The highest BCUT2D eigenvalue weighted by Gasteiger charge is 2.15. The van der Waals surface area contributed by atoms with Crippen molar-refractivity contribution in [2.24, 2.45) is 0 Å². The summed E-state index contributed by atoms with van der Waals surface area (Å²) in [4.78, 5) is 24.3. The standard InChI is InChI=1S/C30H53N3O2/c1-3-4-5-6-7-8-9-10-11-12-13-14-15-16-17-19-24-31-30(35)28(2)32-29(34)23-22-27-33-25-20-18-21-26-33/h18,20-21,25-26,28H,3-17,19,22-24,27H2,1-2H3,(H-,31,32,34,35)/p+1/t28-/m0/s1. The van der Waals surface area contributed by atoms with Crippen molar-refractivity contribution in [2.45, 2.75) is 142 Å². The molecule has 1 aromatic heterocycles. The van der Waals surface area contributed by atoms with Gasteiger partial charge in [-0.05, 0) is 13.3 Å². The van der Waals surface area contributed by atoms with Crippen LogP contribution in [0.1, 0.15) is 129 Å². The van der Waals surface area contributed by atoms with E-state index in [1.54, 1.807) is 6.92 Å². The lowest BCUT2D eigenvalue weighted by Gasteiger charge is -2.14. The Hall–Kier alpha value is -1.91. The van der Waals surface area contributed by atoms with Gasteiger partial charge in [-0.15, -0.1) is 0 Å². The Kier molecular flexibility index (Phi) is 20.0. The van der Waals surface area contributed by atoms with Crippen molar-refractivity contribution in [3.8, 4) is 0 Å². The largest absolute Gasteiger partial charge is 0.354 e. The molecule has 1 aromatic rings. The number of carbonyl (C=O) groups excluding carboxylic acids is 2. The maximum absolute atomic E-state index is 12.2. The van der Waals surface area contributed by atoms with E-state index in [0.29, 0.717) is 13.0 Å². The molecule has 0 saturated heterocycles. The van der Waals surface area contributed by atoms with E-state index in [1.807, 2.05) is 30.6 Å². The number of carbonyl (C=O) groups is 2. The van der Waals surface area contributed by atoms with Gasteiger partial charge in [0.05, 0.1) is 0 Å². The normalized spacial score (nSPS) is 11.8. The highest BCUT2D eigenvalue weighted by molar-refractivity contribution is 5.87. The molecule has 1 atom stereocenters. The Morgan fingerprint density at radius 2 is 1.17 bits per heavy atom. The molecule has 0 aliphatic rings. The minimum absolute atomic E-state index is 0.0633. The van der Waals surface area contributed by atoms with Gasteiger partial charge in [0.15, 0.2) is 12.4 Å². The van der Waals surface area contributed by atoms with Crippen molar-refractivity contribution in [1.82, 2.24) is 10.6 Å². The summed E-state index contributed by atoms with van der Waals surface area (Å²) >= 11 is 0. The van der Waals surface area contributed by atoms with Crippen LogP contribution in [0.3, 0.4) is 0 Å². The fourth-order valence-corrected chi connectivity index (χ4v) is 4.42. The van der Waals surface area contributed by atoms with Gasteiger partial charge in [-0.25, -0.2) is 4.57 Å². The molecule has 1 heterocycles. The predicted octanol–water partition coefficient (Wildman–Crippen LogP) is 6.64. The van der Waals surface area contributed by atoms with Crippen molar-refractivity contribution in [3.05, 3.63) is 30.6 Å². The first-order valence-electron chi connectivity index (χ1n) is 14.6. The van der Waals surface area contributed by atoms with Gasteiger partial charge in [-0.1, -0.05) is 109 Å². The minimum atomic E-state index is -0.479. The SMILES string of the molecule is CCCCCCCCCCCCCCCCCCNC(=O)[C@H](C)NC(=O)CCC[n+]1ccccc1. The molecule has 0 spiro atoms. The summed E-state index contributed by atoms with van der Waals surface area (Å²) in [5.41, 5.74) is 0. The van der Waals surface area contributed by atoms with E-state index in [1.165, 1.54) is 89.9 Å². The Balaban J connectivity index is 1.85. The third-order valence-corrected chi connectivity index (χ3v) is 6.70. The summed E-state index contributed by atoms with van der Waals surface area (Å²) in [5, 5.41) is 5.77. The molecule has 1 rings (SSSR count). The fourth-order valence-electron chi connectivity index (χ4n) is 4.42. The van der Waals surface area contributed by atoms with Crippen molar-refractivity contribution in [1.29, 1.82) is 0 Å². The number of amides is 2. The molecular formula is C30H54N3O2+. The van der Waals surface area contributed by atoms with E-state index in [9.17, 15) is 9.59 Å². The second kappa shape index (κ2) is 22.5. The van der Waals surface area contributed by atoms with E-state index in [4.69, 9.17) is 0 Å². The number of pyridine rings is 1. The van der Waals surface area contributed by atoms with Gasteiger partial charge >= 0.3 is 0 Å². The van der Waals surface area contributed by atoms with Gasteiger partial charge in [-0.3, -0.25) is 9.59 Å². The summed E-state index contributed by atoms with van der Waals surface area (Å²) in [5.74, 6) is -0.150. The molecule has 0 bridgehead atoms. The maximum atomic E-state index is 12.2. The molecule has 35 heavy (non-hydrogen) atoms. The smallest absolute Gasteiger partial charge is 0.242 e. The summed E-state index contributed by atoms with van der Waals surface area (Å²) in [6.45, 7) is 5.53. The summed E-state index contributed by atoms with van der Waals surface area (Å²) in [6.07, 6.45) is 26.7. The van der Waals surface area contributed by atoms with E-state index in [-0.39, 0.29) is 11.8 Å². The quantitative estimate of drug-likeness (QED) is 0.134. The highest BCUT2D eigenvalue weighted by atomic mass is 16.2. The second-order valence-corrected chi connectivity index (χ2v) is 10.1. The van der Waals surface area contributed by atoms with Crippen molar-refractivity contribution >= 4 is 11.8 Å². The van der Waals surface area contributed by atoms with Crippen molar-refractivity contribution in [2.75, 3.05) is 6.54 Å². The van der Waals surface area contributed by atoms with Gasteiger partial charge in [0, 0.05) is 31.5 Å². The van der Waals surface area contributed by atoms with Crippen LogP contribution in [0, 0.1) is 0 Å². The van der Waals surface area contributed by atoms with Crippen LogP contribution in [0.4, 0.5) is 0 Å². The molecule has 0 saturated carbocycles. The van der Waals surface area contributed by atoms with Crippen LogP contribution >= 0.6 is 0 Å². The number of aryl methyl sites for hydroxylation is 1. The average molecular weight is 489 g/mol. The number of nitrogens with one attached hydrogen (secondary N) is 2. The van der Waals surface area contributed by atoms with Gasteiger partial charge in [0.1, 0.15) is 12.6 Å². The number of unbranched alkanes of at least 4 members (excludes halogenated alkanes) is 15. The lowest BCUT2D eigenvalue weighted by Crippen LogP contribution is -2.45. The van der Waals surface area contributed by atoms with Crippen LogP contribution in [0.15, 0.2) is 30.6 Å². The van der Waals surface area contributed by atoms with Gasteiger partial charge in [-0.2, -0.15) is 0 Å². The molecule has 5 nitrogen and oxygen atoms in total. The van der Waals surface area contributed by atoms with Gasteiger partial charge in [0.2, 0.25) is 11.8 Å². The van der Waals surface area contributed by atoms with Gasteiger partial charge in [0.25, 0.3) is 0 Å². The van der Waals surface area contributed by atoms with Crippen LogP contribution in [0.2, 0.25) is 0 Å². The molecule has 0 radical (unpaired) electrons. The van der Waals surface area contributed by atoms with Crippen LogP contribution < -0.4 is 15.2 Å². The molecule has 0 aliphatic carbocycles. The summed E-state index contributed by atoms with van der Waals surface area (Å²) in [7, 11) is 0. The maximum Gasteiger partial charge on any atom is 0.242 e. The lowest BCUT2D eigenvalue weighted by molar-refractivity contribution is -0.697. The molecule has 0 unspecified atom stereocenters. The van der Waals surface area contributed by atoms with Crippen LogP contribution in [-0.2, 0) is 16.1 Å². The number of nitrogens with zero attached hydrogens (tertiary/aromatic N) is 1. The zero-order chi connectivity index (χ0) is 25.4. The highest BCUT2D eigenvalue weighted by Crippen LogP contribution is 2.13. The first-order chi connectivity index (χ1) is 17.1. The minimum Gasteiger partial charge on any atom is -0.354 e. The zero-order valence-corrected chi connectivity index (χ0v) is 22.9. The Labute approximate surface area is 215 Å². The topological polar surface area (TPSA) is 62.1 Å². The summed E-state index contributed by atoms with van der Waals surface area (Å²) in [6, 6.07) is 5.45. The van der Waals surface area contributed by atoms with Crippen molar-refractivity contribution in [3.63, 3.8) is 0 Å². The molecule has 0 aromatic carbocycles. The zero-order valence-electron chi connectivity index (χ0n) is 22.9. The average Bonchev–Trinajstić information content (AvgIpc) is 2.86. The number of hydrogen-bond donors (Lipinski definition) is 2. The molecule has 200 valence electrons. The number of rotatable bonds is 23. The van der Waals surface area contributed by atoms with E-state index in [0.717, 1.165) is 25.8 Å².